The molecule has 1 heterocycles. The van der Waals surface area contributed by atoms with Gasteiger partial charge in [-0.1, -0.05) is 157 Å². The van der Waals surface area contributed by atoms with Gasteiger partial charge in [0.15, 0.2) is 0 Å². The van der Waals surface area contributed by atoms with Crippen LogP contribution < -0.4 is 4.90 Å². The molecule has 0 radical (unpaired) electrons. The quantitative estimate of drug-likeness (QED) is 0.147. The minimum atomic E-state index is 1.03. The van der Waals surface area contributed by atoms with Crippen LogP contribution in [0, 0.1) is 0 Å². The van der Waals surface area contributed by atoms with Gasteiger partial charge in [0.05, 0.1) is 11.0 Å². The first kappa shape index (κ1) is 34.8. The van der Waals surface area contributed by atoms with Crippen LogP contribution in [0.5, 0.6) is 0 Å². The van der Waals surface area contributed by atoms with E-state index in [9.17, 15) is 0 Å². The first-order valence-corrected chi connectivity index (χ1v) is 20.6. The van der Waals surface area contributed by atoms with Gasteiger partial charge in [-0.15, -0.1) is 0 Å². The summed E-state index contributed by atoms with van der Waals surface area (Å²) in [5.41, 5.74) is 16.1. The summed E-state index contributed by atoms with van der Waals surface area (Å²) in [7, 11) is 0. The van der Waals surface area contributed by atoms with Gasteiger partial charge in [-0.3, -0.25) is 0 Å². The summed E-state index contributed by atoms with van der Waals surface area (Å²) in [5.74, 6) is 0. The van der Waals surface area contributed by atoms with Crippen LogP contribution in [0.3, 0.4) is 0 Å². The molecule has 1 aliphatic rings. The lowest BCUT2D eigenvalue weighted by Gasteiger charge is -2.29. The molecular formula is C57H42N2. The highest BCUT2D eigenvalue weighted by molar-refractivity contribution is 6.21. The first-order valence-electron chi connectivity index (χ1n) is 20.6. The molecule has 10 aromatic rings. The van der Waals surface area contributed by atoms with Crippen LogP contribution in [0.15, 0.2) is 224 Å². The Bertz CT molecular complexity index is 3180. The number of allylic oxidation sites excluding steroid dienone is 4. The second-order valence-electron chi connectivity index (χ2n) is 15.7. The summed E-state index contributed by atoms with van der Waals surface area (Å²) < 4.78 is 2.42. The van der Waals surface area contributed by atoms with Crippen molar-refractivity contribution in [3.05, 3.63) is 224 Å². The monoisotopic (exact) mass is 754 g/mol. The molecule has 0 saturated heterocycles. The van der Waals surface area contributed by atoms with Crippen LogP contribution in [-0.2, 0) is 0 Å². The van der Waals surface area contributed by atoms with E-state index < -0.39 is 0 Å². The molecule has 1 aromatic heterocycles. The lowest BCUT2D eigenvalue weighted by Crippen LogP contribution is -2.17. The average Bonchev–Trinajstić information content (AvgIpc) is 3.63. The first-order chi connectivity index (χ1) is 29.2. The number of fused-ring (bicyclic) bond motifs is 5. The third-order valence-corrected chi connectivity index (χ3v) is 12.2. The predicted molar refractivity (Wildman–Crippen MR) is 252 cm³/mol. The van der Waals surface area contributed by atoms with Crippen molar-refractivity contribution in [1.82, 2.24) is 4.57 Å². The van der Waals surface area contributed by atoms with Gasteiger partial charge < -0.3 is 9.47 Å². The van der Waals surface area contributed by atoms with E-state index in [-0.39, 0.29) is 0 Å². The minimum Gasteiger partial charge on any atom is -0.314 e. The SMILES string of the molecule is CC1=CC=C(N(c2ccccc2)c2ccc(-c3ccc4c(c3)c3ccccc3n4-c3ccc(-c4c5ccccc5c(-c5ccccc5)c5ccccc45)cc3)cc2)CC1. The van der Waals surface area contributed by atoms with Crippen LogP contribution in [-0.4, -0.2) is 4.57 Å². The van der Waals surface area contributed by atoms with Gasteiger partial charge in [-0.05, 0) is 135 Å². The van der Waals surface area contributed by atoms with E-state index in [0.717, 1.165) is 18.5 Å². The van der Waals surface area contributed by atoms with Gasteiger partial charge in [0.2, 0.25) is 0 Å². The third kappa shape index (κ3) is 6.04. The van der Waals surface area contributed by atoms with E-state index in [1.54, 1.807) is 0 Å². The van der Waals surface area contributed by atoms with Crippen molar-refractivity contribution < 1.29 is 0 Å². The molecular weight excluding hydrogens is 713 g/mol. The fraction of sp³-hybridized carbons (Fsp3) is 0.0526. The number of hydrogen-bond acceptors (Lipinski definition) is 1. The Morgan fingerprint density at radius 3 is 1.47 bits per heavy atom. The lowest BCUT2D eigenvalue weighted by molar-refractivity contribution is 0.875. The summed E-state index contributed by atoms with van der Waals surface area (Å²) in [5, 5.41) is 7.57. The Morgan fingerprint density at radius 2 is 0.864 bits per heavy atom. The highest BCUT2D eigenvalue weighted by Crippen LogP contribution is 2.44. The molecule has 0 atom stereocenters. The molecule has 0 saturated carbocycles. The van der Waals surface area contributed by atoms with Crippen LogP contribution >= 0.6 is 0 Å². The van der Waals surface area contributed by atoms with Gasteiger partial charge in [0.1, 0.15) is 0 Å². The van der Waals surface area contributed by atoms with Crippen LogP contribution in [0.4, 0.5) is 11.4 Å². The van der Waals surface area contributed by atoms with E-state index in [0.29, 0.717) is 0 Å². The maximum absolute atomic E-state index is 2.42. The minimum absolute atomic E-state index is 1.03. The van der Waals surface area contributed by atoms with Gasteiger partial charge >= 0.3 is 0 Å². The van der Waals surface area contributed by atoms with E-state index in [1.165, 1.54) is 99.4 Å². The zero-order chi connectivity index (χ0) is 39.3. The number of anilines is 2. The smallest absolute Gasteiger partial charge is 0.0541 e. The highest BCUT2D eigenvalue weighted by atomic mass is 15.1. The third-order valence-electron chi connectivity index (χ3n) is 12.2. The maximum Gasteiger partial charge on any atom is 0.0541 e. The summed E-state index contributed by atoms with van der Waals surface area (Å²) in [4.78, 5) is 2.40. The number of benzene rings is 9. The summed E-state index contributed by atoms with van der Waals surface area (Å²) in [6, 6.07) is 73.3. The lowest BCUT2D eigenvalue weighted by atomic mass is 9.86. The van der Waals surface area contributed by atoms with Crippen molar-refractivity contribution >= 4 is 54.7 Å². The average molecular weight is 755 g/mol. The molecule has 0 spiro atoms. The maximum atomic E-state index is 2.42. The molecule has 1 aliphatic carbocycles. The number of rotatable bonds is 7. The van der Waals surface area contributed by atoms with Crippen LogP contribution in [0.1, 0.15) is 19.8 Å². The van der Waals surface area contributed by atoms with Crippen LogP contribution in [0.25, 0.3) is 82.4 Å². The van der Waals surface area contributed by atoms with Gasteiger partial charge in [-0.25, -0.2) is 0 Å². The largest absolute Gasteiger partial charge is 0.314 e. The van der Waals surface area contributed by atoms with E-state index in [2.05, 4.69) is 229 Å². The van der Waals surface area contributed by atoms with Crippen molar-refractivity contribution in [2.45, 2.75) is 19.8 Å². The topological polar surface area (TPSA) is 8.17 Å². The summed E-state index contributed by atoms with van der Waals surface area (Å²) in [6.07, 6.45) is 6.65. The molecule has 0 amide bonds. The van der Waals surface area contributed by atoms with Gasteiger partial charge in [-0.2, -0.15) is 0 Å². The van der Waals surface area contributed by atoms with E-state index in [4.69, 9.17) is 0 Å². The second kappa shape index (κ2) is 14.5. The molecule has 11 rings (SSSR count). The Balaban J connectivity index is 0.985. The Kier molecular flexibility index (Phi) is 8.56. The highest BCUT2D eigenvalue weighted by Gasteiger charge is 2.19. The molecule has 0 bridgehead atoms. The van der Waals surface area contributed by atoms with Gasteiger partial charge in [0.25, 0.3) is 0 Å². The number of nitrogens with zero attached hydrogens (tertiary/aromatic N) is 2. The fourth-order valence-corrected chi connectivity index (χ4v) is 9.34. The molecule has 0 aliphatic heterocycles. The van der Waals surface area contributed by atoms with Crippen molar-refractivity contribution in [3.8, 4) is 39.1 Å². The molecule has 59 heavy (non-hydrogen) atoms. The Morgan fingerprint density at radius 1 is 0.373 bits per heavy atom. The molecule has 0 unspecified atom stereocenters. The Hall–Kier alpha value is -7.42. The zero-order valence-electron chi connectivity index (χ0n) is 33.0. The molecule has 0 N–H and O–H groups in total. The molecule has 0 fully saturated rings. The van der Waals surface area contributed by atoms with Crippen molar-refractivity contribution in [2.24, 2.45) is 0 Å². The molecule has 9 aromatic carbocycles. The van der Waals surface area contributed by atoms with Crippen molar-refractivity contribution in [1.29, 1.82) is 0 Å². The van der Waals surface area contributed by atoms with E-state index >= 15 is 0 Å². The summed E-state index contributed by atoms with van der Waals surface area (Å²) in [6.45, 7) is 2.22. The van der Waals surface area contributed by atoms with Crippen LogP contribution in [0.2, 0.25) is 0 Å². The standard InChI is InChI=1S/C57H42N2/c1-39-24-31-45(32-25-39)58(44-16-6-3-7-17-44)46-33-26-40(27-34-46)43-30-37-55-53(38-43)48-18-12-13-23-54(48)59(55)47-35-28-42(29-36-47)57-51-21-10-8-19-49(51)56(41-14-4-2-5-15-41)50-20-9-11-22-52(50)57/h2-24,26-31,33-38H,25,32H2,1H3. The van der Waals surface area contributed by atoms with Crippen molar-refractivity contribution in [3.63, 3.8) is 0 Å². The molecule has 2 nitrogen and oxygen atoms in total. The number of para-hydroxylation sites is 2. The normalized spacial score (nSPS) is 12.9. The second-order valence-corrected chi connectivity index (χ2v) is 15.7. The summed E-state index contributed by atoms with van der Waals surface area (Å²) >= 11 is 0. The molecule has 2 heteroatoms. The predicted octanol–water partition coefficient (Wildman–Crippen LogP) is 15.9. The zero-order valence-corrected chi connectivity index (χ0v) is 33.0. The number of aromatic nitrogens is 1. The van der Waals surface area contributed by atoms with Gasteiger partial charge in [0, 0.05) is 33.5 Å². The fourth-order valence-electron chi connectivity index (χ4n) is 9.34. The Labute approximate surface area is 345 Å². The molecule has 280 valence electrons. The number of hydrogen-bond donors (Lipinski definition) is 0. The van der Waals surface area contributed by atoms with E-state index in [1.807, 2.05) is 0 Å². The van der Waals surface area contributed by atoms with Crippen molar-refractivity contribution in [2.75, 3.05) is 4.90 Å².